The van der Waals surface area contributed by atoms with Crippen molar-refractivity contribution in [3.8, 4) is 0 Å². The number of hydrogen-bond acceptors (Lipinski definition) is 8. The first-order valence-corrected chi connectivity index (χ1v) is 10.5. The van der Waals surface area contributed by atoms with Crippen LogP contribution < -0.4 is 0 Å². The van der Waals surface area contributed by atoms with Crippen LogP contribution in [0.15, 0.2) is 44.5 Å². The van der Waals surface area contributed by atoms with Gasteiger partial charge >= 0.3 is 0 Å². The monoisotopic (exact) mass is 413 g/mol. The maximum atomic E-state index is 13.1. The number of nitrogens with zero attached hydrogens (tertiary/aromatic N) is 5. The summed E-state index contributed by atoms with van der Waals surface area (Å²) in [5.41, 5.74) is 2.36. The van der Waals surface area contributed by atoms with Crippen LogP contribution in [0.3, 0.4) is 0 Å². The molecule has 9 heteroatoms. The number of aryl methyl sites for hydroxylation is 2. The van der Waals surface area contributed by atoms with Gasteiger partial charge in [0.1, 0.15) is 10.8 Å². The molecule has 29 heavy (non-hydrogen) atoms. The third kappa shape index (κ3) is 4.86. The molecule has 3 aromatic heterocycles. The second-order valence-electron chi connectivity index (χ2n) is 7.08. The molecule has 0 atom stereocenters. The van der Waals surface area contributed by atoms with Gasteiger partial charge in [-0.05, 0) is 26.0 Å². The number of aromatic nitrogens is 3. The minimum absolute atomic E-state index is 0.0205. The van der Waals surface area contributed by atoms with Gasteiger partial charge in [0.2, 0.25) is 0 Å². The summed E-state index contributed by atoms with van der Waals surface area (Å²) in [7, 11) is 0. The van der Waals surface area contributed by atoms with Crippen molar-refractivity contribution in [3.63, 3.8) is 0 Å². The van der Waals surface area contributed by atoms with Crippen molar-refractivity contribution in [2.24, 2.45) is 0 Å². The Morgan fingerprint density at radius 3 is 2.66 bits per heavy atom. The van der Waals surface area contributed by atoms with Gasteiger partial charge in [-0.2, -0.15) is 0 Å². The quantitative estimate of drug-likeness (QED) is 0.570. The van der Waals surface area contributed by atoms with E-state index in [4.69, 9.17) is 9.05 Å². The molecule has 1 aliphatic rings. The first-order valence-electron chi connectivity index (χ1n) is 9.52. The van der Waals surface area contributed by atoms with Crippen LogP contribution in [0.2, 0.25) is 0 Å². The molecule has 1 saturated heterocycles. The second-order valence-corrected chi connectivity index (χ2v) is 8.04. The predicted octanol–water partition coefficient (Wildman–Crippen LogP) is 2.92. The molecule has 0 unspecified atom stereocenters. The van der Waals surface area contributed by atoms with E-state index in [9.17, 15) is 4.79 Å². The Hall–Kier alpha value is -2.65. The smallest absolute Gasteiger partial charge is 0.256 e. The fourth-order valence-electron chi connectivity index (χ4n) is 3.29. The van der Waals surface area contributed by atoms with Crippen molar-refractivity contribution in [1.29, 1.82) is 0 Å². The largest absolute Gasteiger partial charge is 0.361 e. The molecular weight excluding hydrogens is 390 g/mol. The summed E-state index contributed by atoms with van der Waals surface area (Å²) in [4.78, 5) is 21.7. The average molecular weight is 414 g/mol. The van der Waals surface area contributed by atoms with Gasteiger partial charge in [-0.25, -0.2) is 4.98 Å². The Balaban J connectivity index is 1.36. The number of rotatable bonds is 6. The van der Waals surface area contributed by atoms with Gasteiger partial charge < -0.3 is 13.9 Å². The summed E-state index contributed by atoms with van der Waals surface area (Å²) < 4.78 is 10.4. The van der Waals surface area contributed by atoms with E-state index in [-0.39, 0.29) is 5.91 Å². The third-order valence-electron chi connectivity index (χ3n) is 4.75. The number of amides is 1. The van der Waals surface area contributed by atoms with Gasteiger partial charge in [-0.15, -0.1) is 0 Å². The fraction of sp³-hybridized carbons (Fsp3) is 0.400. The Morgan fingerprint density at radius 2 is 1.97 bits per heavy atom. The van der Waals surface area contributed by atoms with Crippen LogP contribution in [-0.2, 0) is 12.3 Å². The van der Waals surface area contributed by atoms with Crippen molar-refractivity contribution >= 4 is 17.7 Å². The molecule has 0 aromatic carbocycles. The van der Waals surface area contributed by atoms with Crippen LogP contribution in [0, 0.1) is 13.8 Å². The van der Waals surface area contributed by atoms with Crippen molar-refractivity contribution in [1.82, 2.24) is 25.1 Å². The highest BCUT2D eigenvalue weighted by molar-refractivity contribution is 7.98. The number of carbonyl (C=O) groups is 1. The van der Waals surface area contributed by atoms with Crippen LogP contribution in [0.5, 0.6) is 0 Å². The van der Waals surface area contributed by atoms with Crippen LogP contribution in [0.25, 0.3) is 0 Å². The first kappa shape index (κ1) is 19.7. The number of carbonyl (C=O) groups excluding carboxylic acids is 1. The zero-order valence-electron chi connectivity index (χ0n) is 16.5. The fourth-order valence-corrected chi connectivity index (χ4v) is 4.15. The molecule has 0 bridgehead atoms. The lowest BCUT2D eigenvalue weighted by atomic mass is 10.2. The number of piperazine rings is 1. The minimum Gasteiger partial charge on any atom is -0.361 e. The van der Waals surface area contributed by atoms with Crippen molar-refractivity contribution in [3.05, 3.63) is 58.9 Å². The van der Waals surface area contributed by atoms with Gasteiger partial charge in [0, 0.05) is 50.3 Å². The molecule has 1 amide bonds. The van der Waals surface area contributed by atoms with Gasteiger partial charge in [0.25, 0.3) is 5.91 Å². The van der Waals surface area contributed by atoms with Gasteiger partial charge in [0.05, 0.1) is 23.5 Å². The van der Waals surface area contributed by atoms with Crippen molar-refractivity contribution in [2.75, 3.05) is 26.2 Å². The lowest BCUT2D eigenvalue weighted by Gasteiger charge is -2.34. The molecule has 0 aliphatic carbocycles. The number of pyridine rings is 1. The van der Waals surface area contributed by atoms with Crippen LogP contribution >= 0.6 is 11.8 Å². The van der Waals surface area contributed by atoms with Crippen LogP contribution in [0.4, 0.5) is 0 Å². The van der Waals surface area contributed by atoms with E-state index >= 15 is 0 Å². The highest BCUT2D eigenvalue weighted by Gasteiger charge is 2.25. The molecule has 3 aromatic rings. The lowest BCUT2D eigenvalue weighted by molar-refractivity contribution is 0.0613. The Morgan fingerprint density at radius 1 is 1.14 bits per heavy atom. The molecule has 152 valence electrons. The summed E-state index contributed by atoms with van der Waals surface area (Å²) in [6, 6.07) is 7.50. The van der Waals surface area contributed by atoms with Gasteiger partial charge in [0.15, 0.2) is 5.76 Å². The average Bonchev–Trinajstić information content (AvgIpc) is 3.34. The Bertz CT molecular complexity index is 978. The Kier molecular flexibility index (Phi) is 5.96. The van der Waals surface area contributed by atoms with E-state index in [1.54, 1.807) is 12.3 Å². The summed E-state index contributed by atoms with van der Waals surface area (Å²) >= 11 is 1.50. The molecule has 0 N–H and O–H groups in total. The molecule has 8 nitrogen and oxygen atoms in total. The second kappa shape index (κ2) is 8.79. The highest BCUT2D eigenvalue weighted by Crippen LogP contribution is 2.25. The third-order valence-corrected chi connectivity index (χ3v) is 5.79. The molecule has 1 fully saturated rings. The topological polar surface area (TPSA) is 88.5 Å². The normalized spacial score (nSPS) is 15.0. The first-order chi connectivity index (χ1) is 14.1. The molecule has 0 radical (unpaired) electrons. The lowest BCUT2D eigenvalue weighted by Crippen LogP contribution is -2.48. The molecular formula is C20H23N5O3S. The summed E-state index contributed by atoms with van der Waals surface area (Å²) in [6.45, 7) is 7.44. The molecule has 0 spiro atoms. The van der Waals surface area contributed by atoms with E-state index in [2.05, 4.69) is 20.2 Å². The summed E-state index contributed by atoms with van der Waals surface area (Å²) in [6.07, 6.45) is 1.71. The Labute approximate surface area is 173 Å². The van der Waals surface area contributed by atoms with Crippen molar-refractivity contribution in [2.45, 2.75) is 31.2 Å². The SMILES string of the molecule is Cc1cc(CN2CCN(C(=O)c3cccnc3SCc3cc(C)on3)CC2)on1. The predicted molar refractivity (Wildman–Crippen MR) is 107 cm³/mol. The molecule has 1 aliphatic heterocycles. The van der Waals surface area contributed by atoms with E-state index < -0.39 is 0 Å². The highest BCUT2D eigenvalue weighted by atomic mass is 32.2. The van der Waals surface area contributed by atoms with E-state index in [0.717, 1.165) is 41.0 Å². The molecule has 4 heterocycles. The minimum atomic E-state index is 0.0205. The number of thioether (sulfide) groups is 1. The standard InChI is InChI=1S/C20H23N5O3S/c1-14-10-17(28-22-14)12-24-6-8-25(9-7-24)20(26)18-4-3-5-21-19(18)29-13-16-11-15(2)27-23-16/h3-5,10-11H,6-9,12-13H2,1-2H3. The van der Waals surface area contributed by atoms with Gasteiger partial charge in [-0.3, -0.25) is 9.69 Å². The zero-order chi connectivity index (χ0) is 20.2. The van der Waals surface area contributed by atoms with Gasteiger partial charge in [-0.1, -0.05) is 22.1 Å². The van der Waals surface area contributed by atoms with Crippen molar-refractivity contribution < 1.29 is 13.8 Å². The maximum Gasteiger partial charge on any atom is 0.256 e. The van der Waals surface area contributed by atoms with E-state index in [1.165, 1.54) is 11.8 Å². The maximum absolute atomic E-state index is 13.1. The molecule has 0 saturated carbocycles. The summed E-state index contributed by atoms with van der Waals surface area (Å²) in [5, 5.41) is 8.65. The van der Waals surface area contributed by atoms with E-state index in [1.807, 2.05) is 36.9 Å². The van der Waals surface area contributed by atoms with E-state index in [0.29, 0.717) is 31.0 Å². The molecule has 4 rings (SSSR count). The zero-order valence-corrected chi connectivity index (χ0v) is 17.3. The van der Waals surface area contributed by atoms with Crippen LogP contribution in [-0.4, -0.2) is 57.2 Å². The summed E-state index contributed by atoms with van der Waals surface area (Å²) in [5.74, 6) is 2.26. The van der Waals surface area contributed by atoms with Crippen LogP contribution in [0.1, 0.15) is 33.3 Å². The number of hydrogen-bond donors (Lipinski definition) is 0.